The van der Waals surface area contributed by atoms with Gasteiger partial charge in [0.05, 0.1) is 13.2 Å². The largest absolute Gasteiger partial charge is 0.497 e. The molecule has 0 radical (unpaired) electrons. The van der Waals surface area contributed by atoms with Crippen LogP contribution in [0.4, 0.5) is 11.6 Å². The fraction of sp³-hybridized carbons (Fsp3) is 0.294. The first-order valence-corrected chi connectivity index (χ1v) is 7.91. The number of rotatable bonds is 5. The average molecular weight is 324 g/mol. The van der Waals surface area contributed by atoms with E-state index in [0.717, 1.165) is 27.7 Å². The van der Waals surface area contributed by atoms with Gasteiger partial charge in [-0.1, -0.05) is 6.07 Å². The number of methoxy groups -OCH3 is 1. The van der Waals surface area contributed by atoms with Gasteiger partial charge in [-0.05, 0) is 43.8 Å². The van der Waals surface area contributed by atoms with Gasteiger partial charge in [0.2, 0.25) is 5.88 Å². The van der Waals surface area contributed by atoms with Gasteiger partial charge in [-0.15, -0.1) is 0 Å². The van der Waals surface area contributed by atoms with Gasteiger partial charge in [0.25, 0.3) is 0 Å². The second-order valence-corrected chi connectivity index (χ2v) is 6.08. The smallest absolute Gasteiger partial charge is 0.223 e. The number of nitrogens with zero attached hydrogens (tertiary/aromatic N) is 2. The Hall–Kier alpha value is -2.70. The lowest BCUT2D eigenvalue weighted by Crippen LogP contribution is -2.11. The van der Waals surface area contributed by atoms with Crippen molar-refractivity contribution >= 4 is 35.7 Å². The average Bonchev–Trinajstić information content (AvgIpc) is 2.92. The highest BCUT2D eigenvalue weighted by atomic mass is 16.5. The predicted octanol–water partition coefficient (Wildman–Crippen LogP) is 2.06. The number of pyridine rings is 1. The Balaban J connectivity index is 2.10. The van der Waals surface area contributed by atoms with Crippen LogP contribution in [0.5, 0.6) is 11.6 Å². The topological polar surface area (TPSA) is 72.1 Å². The monoisotopic (exact) mass is 324 g/mol. The summed E-state index contributed by atoms with van der Waals surface area (Å²) in [5.41, 5.74) is 2.03. The highest BCUT2D eigenvalue weighted by molar-refractivity contribution is 6.35. The maximum atomic E-state index is 5.92. The van der Waals surface area contributed by atoms with Gasteiger partial charge in [0.1, 0.15) is 19.4 Å². The van der Waals surface area contributed by atoms with Crippen molar-refractivity contribution in [3.8, 4) is 11.6 Å². The SMILES string of the molecule is Bc1cc2c(OC(C)C)nc(Nc3cc(C)[nH]n3)cc2cc1OC. The quantitative estimate of drug-likeness (QED) is 0.703. The molecule has 0 aliphatic rings. The van der Waals surface area contributed by atoms with Gasteiger partial charge in [-0.25, -0.2) is 0 Å². The van der Waals surface area contributed by atoms with Gasteiger partial charge in [-0.3, -0.25) is 5.10 Å². The van der Waals surface area contributed by atoms with E-state index >= 15 is 0 Å². The lowest BCUT2D eigenvalue weighted by Gasteiger charge is -2.15. The molecule has 0 amide bonds. The summed E-state index contributed by atoms with van der Waals surface area (Å²) < 4.78 is 11.4. The molecule has 2 heterocycles. The second kappa shape index (κ2) is 6.43. The molecule has 1 aromatic carbocycles. The summed E-state index contributed by atoms with van der Waals surface area (Å²) in [4.78, 5) is 4.61. The molecule has 2 N–H and O–H groups in total. The summed E-state index contributed by atoms with van der Waals surface area (Å²) in [5.74, 6) is 2.83. The maximum Gasteiger partial charge on any atom is 0.223 e. The van der Waals surface area contributed by atoms with Crippen molar-refractivity contribution < 1.29 is 9.47 Å². The third-order valence-electron chi connectivity index (χ3n) is 3.62. The Bertz CT molecular complexity index is 876. The predicted molar refractivity (Wildman–Crippen MR) is 98.8 cm³/mol. The van der Waals surface area contributed by atoms with Crippen LogP contribution in [0.25, 0.3) is 10.8 Å². The molecule has 7 heteroatoms. The van der Waals surface area contributed by atoms with Crippen molar-refractivity contribution in [2.75, 3.05) is 12.4 Å². The Labute approximate surface area is 142 Å². The van der Waals surface area contributed by atoms with Crippen molar-refractivity contribution in [3.05, 3.63) is 30.0 Å². The molecule has 0 fully saturated rings. The fourth-order valence-electron chi connectivity index (χ4n) is 2.57. The van der Waals surface area contributed by atoms with Crippen LogP contribution in [0.1, 0.15) is 19.5 Å². The van der Waals surface area contributed by atoms with Crippen molar-refractivity contribution in [1.82, 2.24) is 15.2 Å². The van der Waals surface area contributed by atoms with Crippen LogP contribution < -0.4 is 20.3 Å². The number of hydrogen-bond acceptors (Lipinski definition) is 5. The molecule has 2 aromatic heterocycles. The molecule has 0 aliphatic carbocycles. The Morgan fingerprint density at radius 1 is 1.17 bits per heavy atom. The van der Waals surface area contributed by atoms with Gasteiger partial charge in [-0.2, -0.15) is 10.1 Å². The molecule has 0 saturated heterocycles. The lowest BCUT2D eigenvalue weighted by molar-refractivity contribution is 0.236. The molecule has 6 nitrogen and oxygen atoms in total. The number of nitrogens with one attached hydrogen (secondary N) is 2. The third kappa shape index (κ3) is 3.30. The van der Waals surface area contributed by atoms with Crippen LogP contribution in [0.15, 0.2) is 24.3 Å². The number of hydrogen-bond donors (Lipinski definition) is 2. The normalized spacial score (nSPS) is 11.0. The zero-order valence-corrected chi connectivity index (χ0v) is 14.6. The summed E-state index contributed by atoms with van der Waals surface area (Å²) >= 11 is 0. The molecule has 0 saturated carbocycles. The highest BCUT2D eigenvalue weighted by Crippen LogP contribution is 2.30. The van der Waals surface area contributed by atoms with Gasteiger partial charge >= 0.3 is 0 Å². The number of ether oxygens (including phenoxy) is 2. The number of aryl methyl sites for hydroxylation is 1. The molecule has 124 valence electrons. The minimum atomic E-state index is 0.0333. The van der Waals surface area contributed by atoms with E-state index in [1.807, 2.05) is 52.9 Å². The maximum absolute atomic E-state index is 5.92. The van der Waals surface area contributed by atoms with Crippen molar-refractivity contribution in [2.45, 2.75) is 26.9 Å². The van der Waals surface area contributed by atoms with E-state index in [9.17, 15) is 0 Å². The van der Waals surface area contributed by atoms with E-state index < -0.39 is 0 Å². The molecular formula is C17H21BN4O2. The van der Waals surface area contributed by atoms with E-state index in [2.05, 4.69) is 20.5 Å². The molecule has 0 aliphatic heterocycles. The number of anilines is 2. The van der Waals surface area contributed by atoms with Gasteiger partial charge in [0, 0.05) is 17.1 Å². The minimum Gasteiger partial charge on any atom is -0.497 e. The molecular weight excluding hydrogens is 303 g/mol. The zero-order chi connectivity index (χ0) is 17.3. The first kappa shape index (κ1) is 16.2. The van der Waals surface area contributed by atoms with Gasteiger partial charge < -0.3 is 14.8 Å². The molecule has 0 atom stereocenters. The van der Waals surface area contributed by atoms with Crippen LogP contribution in [-0.2, 0) is 0 Å². The van der Waals surface area contributed by atoms with Crippen LogP contribution in [0.3, 0.4) is 0 Å². The van der Waals surface area contributed by atoms with E-state index in [1.165, 1.54) is 0 Å². The summed E-state index contributed by atoms with van der Waals surface area (Å²) in [5, 5.41) is 12.3. The Morgan fingerprint density at radius 3 is 2.58 bits per heavy atom. The van der Waals surface area contributed by atoms with Crippen molar-refractivity contribution in [2.24, 2.45) is 0 Å². The van der Waals surface area contributed by atoms with Crippen LogP contribution >= 0.6 is 0 Å². The van der Waals surface area contributed by atoms with E-state index in [0.29, 0.717) is 17.5 Å². The number of aromatic nitrogens is 3. The number of benzene rings is 1. The summed E-state index contributed by atoms with van der Waals surface area (Å²) in [7, 11) is 3.68. The number of H-pyrrole nitrogens is 1. The Morgan fingerprint density at radius 2 is 1.96 bits per heavy atom. The standard InChI is InChI=1S/C17H21BN4O2/c1-9(2)24-17-12-8-13(18)14(23-4)6-11(12)7-15(20-17)19-16-5-10(3)21-22-16/h5-9H,18H2,1-4H3,(H2,19,20,21,22). The summed E-state index contributed by atoms with van der Waals surface area (Å²) in [6, 6.07) is 7.93. The third-order valence-corrected chi connectivity index (χ3v) is 3.62. The molecule has 3 rings (SSSR count). The van der Waals surface area contributed by atoms with Crippen LogP contribution in [0, 0.1) is 6.92 Å². The molecule has 24 heavy (non-hydrogen) atoms. The first-order chi connectivity index (χ1) is 11.5. The molecule has 0 unspecified atom stereocenters. The van der Waals surface area contributed by atoms with Crippen molar-refractivity contribution in [1.29, 1.82) is 0 Å². The number of fused-ring (bicyclic) bond motifs is 1. The first-order valence-electron chi connectivity index (χ1n) is 7.91. The summed E-state index contributed by atoms with van der Waals surface area (Å²) in [6.45, 7) is 5.93. The summed E-state index contributed by atoms with van der Waals surface area (Å²) in [6.07, 6.45) is 0.0333. The molecule has 0 spiro atoms. The second-order valence-electron chi connectivity index (χ2n) is 6.08. The van der Waals surface area contributed by atoms with E-state index in [-0.39, 0.29) is 6.10 Å². The van der Waals surface area contributed by atoms with E-state index in [1.54, 1.807) is 7.11 Å². The minimum absolute atomic E-state index is 0.0333. The fourth-order valence-corrected chi connectivity index (χ4v) is 2.57. The molecule has 3 aromatic rings. The number of aromatic amines is 1. The Kier molecular flexibility index (Phi) is 4.33. The van der Waals surface area contributed by atoms with Gasteiger partial charge in [0.15, 0.2) is 5.82 Å². The zero-order valence-electron chi connectivity index (χ0n) is 14.6. The van der Waals surface area contributed by atoms with Crippen LogP contribution in [-0.4, -0.2) is 36.2 Å². The van der Waals surface area contributed by atoms with E-state index in [4.69, 9.17) is 9.47 Å². The highest BCUT2D eigenvalue weighted by Gasteiger charge is 2.12. The van der Waals surface area contributed by atoms with Crippen LogP contribution in [0.2, 0.25) is 0 Å². The van der Waals surface area contributed by atoms with Crippen molar-refractivity contribution in [3.63, 3.8) is 0 Å². The lowest BCUT2D eigenvalue weighted by atomic mass is 9.92. The molecule has 0 bridgehead atoms.